The van der Waals surface area contributed by atoms with E-state index in [1.807, 2.05) is 26.2 Å². The van der Waals surface area contributed by atoms with Gasteiger partial charge in [-0.1, -0.05) is 6.92 Å². The summed E-state index contributed by atoms with van der Waals surface area (Å²) in [6, 6.07) is 1.86. The summed E-state index contributed by atoms with van der Waals surface area (Å²) in [6.45, 7) is 4.59. The minimum atomic E-state index is -0.180. The lowest BCUT2D eigenvalue weighted by atomic mass is 10.2. The van der Waals surface area contributed by atoms with Gasteiger partial charge in [-0.25, -0.2) is 0 Å². The fourth-order valence-electron chi connectivity index (χ4n) is 1.13. The van der Waals surface area contributed by atoms with Crippen LogP contribution in [0.4, 0.5) is 5.82 Å². The van der Waals surface area contributed by atoms with Crippen LogP contribution in [-0.4, -0.2) is 28.9 Å². The monoisotopic (exact) mass is 211 g/mol. The van der Waals surface area contributed by atoms with E-state index in [4.69, 9.17) is 4.74 Å². The Morgan fingerprint density at radius 1 is 1.73 bits per heavy atom. The molecular formula is C10H17N3O2. The van der Waals surface area contributed by atoms with Gasteiger partial charge >= 0.3 is 5.97 Å². The maximum atomic E-state index is 11.3. The van der Waals surface area contributed by atoms with E-state index in [-0.39, 0.29) is 11.9 Å². The van der Waals surface area contributed by atoms with Crippen molar-refractivity contribution >= 4 is 11.8 Å². The van der Waals surface area contributed by atoms with Gasteiger partial charge in [-0.15, -0.1) is 0 Å². The average Bonchev–Trinajstić information content (AvgIpc) is 2.61. The molecule has 1 atom stereocenters. The third-order valence-corrected chi connectivity index (χ3v) is 1.99. The molecule has 5 nitrogen and oxygen atoms in total. The van der Waals surface area contributed by atoms with E-state index < -0.39 is 0 Å². The average molecular weight is 211 g/mol. The summed E-state index contributed by atoms with van der Waals surface area (Å²) < 4.78 is 6.60. The Hall–Kier alpha value is -1.52. The maximum absolute atomic E-state index is 11.3. The van der Waals surface area contributed by atoms with Crippen LogP contribution in [-0.2, 0) is 16.6 Å². The molecule has 1 rings (SSSR count). The number of hydrogen-bond donors (Lipinski definition) is 1. The minimum absolute atomic E-state index is 0.160. The van der Waals surface area contributed by atoms with Gasteiger partial charge < -0.3 is 10.1 Å². The molecule has 5 heteroatoms. The van der Waals surface area contributed by atoms with Crippen LogP contribution in [0.3, 0.4) is 0 Å². The van der Waals surface area contributed by atoms with Crippen LogP contribution in [0.25, 0.3) is 0 Å². The van der Waals surface area contributed by atoms with Gasteiger partial charge in [0, 0.05) is 25.9 Å². The summed E-state index contributed by atoms with van der Waals surface area (Å²) in [7, 11) is 1.85. The van der Waals surface area contributed by atoms with Crippen molar-refractivity contribution in [1.82, 2.24) is 9.78 Å². The van der Waals surface area contributed by atoms with E-state index in [2.05, 4.69) is 10.4 Å². The Bertz CT molecular complexity index is 322. The Morgan fingerprint density at radius 3 is 3.00 bits per heavy atom. The highest BCUT2D eigenvalue weighted by Gasteiger charge is 2.13. The highest BCUT2D eigenvalue weighted by molar-refractivity contribution is 5.72. The zero-order valence-electron chi connectivity index (χ0n) is 9.36. The summed E-state index contributed by atoms with van der Waals surface area (Å²) in [5.74, 6) is 0.432. The van der Waals surface area contributed by atoms with Crippen molar-refractivity contribution < 1.29 is 9.53 Å². The number of anilines is 1. The molecule has 0 spiro atoms. The Labute approximate surface area is 89.4 Å². The first-order valence-corrected chi connectivity index (χ1v) is 5.03. The van der Waals surface area contributed by atoms with Gasteiger partial charge in [0.2, 0.25) is 0 Å². The third kappa shape index (κ3) is 3.61. The molecule has 0 fully saturated rings. The smallest absolute Gasteiger partial charge is 0.310 e. The van der Waals surface area contributed by atoms with Crippen molar-refractivity contribution in [3.05, 3.63) is 12.3 Å². The van der Waals surface area contributed by atoms with Gasteiger partial charge in [0.05, 0.1) is 12.5 Å². The molecule has 1 N–H and O–H groups in total. The molecule has 1 aromatic rings. The van der Waals surface area contributed by atoms with Crippen LogP contribution in [0.15, 0.2) is 12.3 Å². The van der Waals surface area contributed by atoms with E-state index in [1.165, 1.54) is 0 Å². The van der Waals surface area contributed by atoms with Crippen molar-refractivity contribution in [3.8, 4) is 0 Å². The first kappa shape index (κ1) is 11.6. The number of aromatic nitrogens is 2. The molecule has 1 heterocycles. The van der Waals surface area contributed by atoms with Crippen LogP contribution in [0, 0.1) is 5.92 Å². The van der Waals surface area contributed by atoms with Crippen LogP contribution < -0.4 is 5.32 Å². The van der Waals surface area contributed by atoms with Gasteiger partial charge in [0.1, 0.15) is 5.82 Å². The first-order chi connectivity index (χ1) is 7.13. The molecule has 15 heavy (non-hydrogen) atoms. The standard InChI is InChI=1S/C10H17N3O2/c1-4-15-10(14)8(2)7-11-9-5-6-13(3)12-9/h5-6,8H,4,7H2,1-3H3,(H,11,12). The van der Waals surface area contributed by atoms with Gasteiger partial charge in [0.15, 0.2) is 0 Å². The number of esters is 1. The van der Waals surface area contributed by atoms with Gasteiger partial charge in [-0.3, -0.25) is 9.48 Å². The zero-order chi connectivity index (χ0) is 11.3. The predicted molar refractivity (Wildman–Crippen MR) is 57.5 cm³/mol. The molecule has 0 amide bonds. The molecule has 1 unspecified atom stereocenters. The number of rotatable bonds is 5. The summed E-state index contributed by atoms with van der Waals surface area (Å²) in [6.07, 6.45) is 1.84. The van der Waals surface area contributed by atoms with Crippen LogP contribution in [0.2, 0.25) is 0 Å². The second-order valence-corrected chi connectivity index (χ2v) is 3.41. The lowest BCUT2D eigenvalue weighted by Crippen LogP contribution is -2.22. The fourth-order valence-corrected chi connectivity index (χ4v) is 1.13. The summed E-state index contributed by atoms with van der Waals surface area (Å²) in [5.41, 5.74) is 0. The van der Waals surface area contributed by atoms with Crippen LogP contribution in [0.1, 0.15) is 13.8 Å². The highest BCUT2D eigenvalue weighted by atomic mass is 16.5. The van der Waals surface area contributed by atoms with Crippen molar-refractivity contribution in [2.75, 3.05) is 18.5 Å². The minimum Gasteiger partial charge on any atom is -0.466 e. The number of carbonyl (C=O) groups is 1. The number of carbonyl (C=O) groups excluding carboxylic acids is 1. The summed E-state index contributed by atoms with van der Waals surface area (Å²) in [5, 5.41) is 7.21. The molecule has 0 bridgehead atoms. The maximum Gasteiger partial charge on any atom is 0.310 e. The predicted octanol–water partition coefficient (Wildman–Crippen LogP) is 1.03. The van der Waals surface area contributed by atoms with Gasteiger partial charge in [-0.2, -0.15) is 5.10 Å². The lowest BCUT2D eigenvalue weighted by molar-refractivity contribution is -0.146. The SMILES string of the molecule is CCOC(=O)C(C)CNc1ccn(C)n1. The molecule has 0 aliphatic heterocycles. The highest BCUT2D eigenvalue weighted by Crippen LogP contribution is 2.04. The van der Waals surface area contributed by atoms with E-state index in [0.29, 0.717) is 13.2 Å². The van der Waals surface area contributed by atoms with Crippen LogP contribution in [0.5, 0.6) is 0 Å². The fraction of sp³-hybridized carbons (Fsp3) is 0.600. The van der Waals surface area contributed by atoms with E-state index in [0.717, 1.165) is 5.82 Å². The molecule has 0 aliphatic rings. The quantitative estimate of drug-likeness (QED) is 0.739. The van der Waals surface area contributed by atoms with E-state index in [9.17, 15) is 4.79 Å². The summed E-state index contributed by atoms with van der Waals surface area (Å²) in [4.78, 5) is 11.3. The lowest BCUT2D eigenvalue weighted by Gasteiger charge is -2.10. The van der Waals surface area contributed by atoms with Crippen molar-refractivity contribution in [3.63, 3.8) is 0 Å². The normalized spacial score (nSPS) is 12.2. The number of ether oxygens (including phenoxy) is 1. The van der Waals surface area contributed by atoms with Gasteiger partial charge in [-0.05, 0) is 6.92 Å². The third-order valence-electron chi connectivity index (χ3n) is 1.99. The summed E-state index contributed by atoms with van der Waals surface area (Å²) >= 11 is 0. The van der Waals surface area contributed by atoms with Crippen LogP contribution >= 0.6 is 0 Å². The van der Waals surface area contributed by atoms with Crippen molar-refractivity contribution in [1.29, 1.82) is 0 Å². The number of nitrogens with one attached hydrogen (secondary N) is 1. The molecule has 0 saturated carbocycles. The molecule has 0 aromatic carbocycles. The Balaban J connectivity index is 2.33. The molecule has 84 valence electrons. The topological polar surface area (TPSA) is 56.1 Å². The van der Waals surface area contributed by atoms with Crippen molar-refractivity contribution in [2.24, 2.45) is 13.0 Å². The number of hydrogen-bond acceptors (Lipinski definition) is 4. The van der Waals surface area contributed by atoms with Gasteiger partial charge in [0.25, 0.3) is 0 Å². The zero-order valence-corrected chi connectivity index (χ0v) is 9.36. The second kappa shape index (κ2) is 5.38. The number of aryl methyl sites for hydroxylation is 1. The van der Waals surface area contributed by atoms with E-state index in [1.54, 1.807) is 11.6 Å². The Kier molecular flexibility index (Phi) is 4.15. The second-order valence-electron chi connectivity index (χ2n) is 3.41. The largest absolute Gasteiger partial charge is 0.466 e. The first-order valence-electron chi connectivity index (χ1n) is 5.03. The van der Waals surface area contributed by atoms with E-state index >= 15 is 0 Å². The molecule has 0 saturated heterocycles. The Morgan fingerprint density at radius 2 is 2.47 bits per heavy atom. The van der Waals surface area contributed by atoms with Crippen molar-refractivity contribution in [2.45, 2.75) is 13.8 Å². The molecule has 1 aromatic heterocycles. The molecular weight excluding hydrogens is 194 g/mol. The molecule has 0 radical (unpaired) electrons. The number of nitrogens with zero attached hydrogens (tertiary/aromatic N) is 2. The molecule has 0 aliphatic carbocycles.